The first-order chi connectivity index (χ1) is 12.2. The molecular weight excluding hydrogens is 316 g/mol. The van der Waals surface area contributed by atoms with Gasteiger partial charge in [-0.3, -0.25) is 10.1 Å². The number of rotatable bonds is 5. The molecule has 1 unspecified atom stereocenters. The molecule has 1 aromatic heterocycles. The summed E-state index contributed by atoms with van der Waals surface area (Å²) in [6, 6.07) is 15.5. The van der Waals surface area contributed by atoms with E-state index in [1.807, 2.05) is 36.4 Å². The van der Waals surface area contributed by atoms with Crippen LogP contribution >= 0.6 is 0 Å². The van der Waals surface area contributed by atoms with Crippen molar-refractivity contribution in [1.82, 2.24) is 10.3 Å². The Morgan fingerprint density at radius 2 is 2.04 bits per heavy atom. The van der Waals surface area contributed by atoms with Gasteiger partial charge < -0.3 is 14.8 Å². The fourth-order valence-electron chi connectivity index (χ4n) is 3.44. The molecule has 2 heterocycles. The van der Waals surface area contributed by atoms with Crippen LogP contribution in [0.1, 0.15) is 22.9 Å². The first-order valence-corrected chi connectivity index (χ1v) is 8.50. The maximum absolute atomic E-state index is 11.4. The third-order valence-electron chi connectivity index (χ3n) is 4.67. The van der Waals surface area contributed by atoms with Crippen LogP contribution in [0.15, 0.2) is 48.5 Å². The molecular formula is C20H20N2O3. The second kappa shape index (κ2) is 6.61. The fraction of sp³-hybridized carbons (Fsp3) is 0.250. The lowest BCUT2D eigenvalue weighted by atomic mass is 9.99. The Balaban J connectivity index is 1.55. The van der Waals surface area contributed by atoms with E-state index >= 15 is 0 Å². The summed E-state index contributed by atoms with van der Waals surface area (Å²) in [5.41, 5.74) is 4.04. The van der Waals surface area contributed by atoms with Crippen LogP contribution in [0.5, 0.6) is 5.75 Å². The highest BCUT2D eigenvalue weighted by Gasteiger charge is 2.28. The Bertz CT molecular complexity index is 902. The van der Waals surface area contributed by atoms with Crippen molar-refractivity contribution in [3.63, 3.8) is 0 Å². The molecule has 0 radical (unpaired) electrons. The summed E-state index contributed by atoms with van der Waals surface area (Å²) in [5.74, 6) is -0.0394. The molecule has 0 saturated carbocycles. The molecule has 5 heteroatoms. The van der Waals surface area contributed by atoms with Crippen LogP contribution in [0.4, 0.5) is 0 Å². The molecule has 3 N–H and O–H groups in total. The number of ether oxygens (including phenoxy) is 1. The van der Waals surface area contributed by atoms with E-state index in [2.05, 4.69) is 22.4 Å². The number of fused-ring (bicyclic) bond motifs is 3. The molecule has 5 nitrogen and oxygen atoms in total. The van der Waals surface area contributed by atoms with E-state index in [0.29, 0.717) is 13.2 Å². The summed E-state index contributed by atoms with van der Waals surface area (Å²) in [7, 11) is 0. The van der Waals surface area contributed by atoms with Crippen molar-refractivity contribution in [3.05, 3.63) is 65.4 Å². The Morgan fingerprint density at radius 3 is 2.84 bits per heavy atom. The van der Waals surface area contributed by atoms with Crippen LogP contribution in [-0.4, -0.2) is 29.2 Å². The molecule has 0 fully saturated rings. The third kappa shape index (κ3) is 3.10. The second-order valence-corrected chi connectivity index (χ2v) is 6.28. The van der Waals surface area contributed by atoms with Gasteiger partial charge in [0.2, 0.25) is 0 Å². The van der Waals surface area contributed by atoms with Gasteiger partial charge in [0.1, 0.15) is 11.8 Å². The maximum atomic E-state index is 11.4. The van der Waals surface area contributed by atoms with Crippen molar-refractivity contribution in [2.45, 2.75) is 18.9 Å². The molecule has 0 saturated heterocycles. The van der Waals surface area contributed by atoms with E-state index in [-0.39, 0.29) is 0 Å². The van der Waals surface area contributed by atoms with Crippen molar-refractivity contribution < 1.29 is 14.6 Å². The Morgan fingerprint density at radius 1 is 1.20 bits per heavy atom. The number of benzene rings is 2. The van der Waals surface area contributed by atoms with Crippen molar-refractivity contribution >= 4 is 16.9 Å². The largest absolute Gasteiger partial charge is 0.493 e. The van der Waals surface area contributed by atoms with E-state index < -0.39 is 12.0 Å². The van der Waals surface area contributed by atoms with Gasteiger partial charge in [-0.1, -0.05) is 30.3 Å². The molecule has 1 atom stereocenters. The summed E-state index contributed by atoms with van der Waals surface area (Å²) in [4.78, 5) is 14.7. The molecule has 128 valence electrons. The zero-order valence-corrected chi connectivity index (χ0v) is 13.8. The van der Waals surface area contributed by atoms with Crippen molar-refractivity contribution in [1.29, 1.82) is 0 Å². The zero-order valence-electron chi connectivity index (χ0n) is 13.8. The third-order valence-corrected chi connectivity index (χ3v) is 4.67. The van der Waals surface area contributed by atoms with Gasteiger partial charge >= 0.3 is 5.97 Å². The average Bonchev–Trinajstić information content (AvgIpc) is 3.00. The van der Waals surface area contributed by atoms with Crippen molar-refractivity contribution in [2.24, 2.45) is 0 Å². The van der Waals surface area contributed by atoms with E-state index in [1.165, 1.54) is 5.56 Å². The highest BCUT2D eigenvalue weighted by Crippen LogP contribution is 2.32. The molecule has 4 rings (SSSR count). The van der Waals surface area contributed by atoms with Crippen LogP contribution in [-0.2, 0) is 17.6 Å². The van der Waals surface area contributed by atoms with Crippen LogP contribution in [0.2, 0.25) is 0 Å². The summed E-state index contributed by atoms with van der Waals surface area (Å²) in [6.07, 6.45) is 1.67. The van der Waals surface area contributed by atoms with Crippen molar-refractivity contribution in [2.75, 3.05) is 13.2 Å². The van der Waals surface area contributed by atoms with Gasteiger partial charge in [-0.25, -0.2) is 0 Å². The summed E-state index contributed by atoms with van der Waals surface area (Å²) in [6.45, 7) is 1.28. The highest BCUT2D eigenvalue weighted by atomic mass is 16.5. The number of aliphatic carboxylic acids is 1. The van der Waals surface area contributed by atoms with Crippen LogP contribution in [0, 0.1) is 0 Å². The quantitative estimate of drug-likeness (QED) is 0.669. The number of aromatic nitrogens is 1. The minimum Gasteiger partial charge on any atom is -0.493 e. The van der Waals surface area contributed by atoms with Gasteiger partial charge in [0.25, 0.3) is 0 Å². The van der Waals surface area contributed by atoms with Crippen LogP contribution < -0.4 is 10.1 Å². The standard InChI is InChI=1S/C20H20N2O3/c23-20(24)19-18-15(8-10-21-19)16-12-14(6-7-17(16)22-18)25-11-9-13-4-2-1-3-5-13/h1-7,12,19,21-22H,8-11H2,(H,23,24). The Hall–Kier alpha value is -2.79. The first kappa shape index (κ1) is 15.7. The lowest BCUT2D eigenvalue weighted by Crippen LogP contribution is -2.34. The average molecular weight is 336 g/mol. The SMILES string of the molecule is O=C(O)C1NCCc2c1[nH]c1ccc(OCCc3ccccc3)cc21. The number of carbonyl (C=O) groups is 1. The number of H-pyrrole nitrogens is 1. The summed E-state index contributed by atoms with van der Waals surface area (Å²) in [5, 5.41) is 13.5. The zero-order chi connectivity index (χ0) is 17.2. The number of carboxylic acid groups (broad SMARTS) is 1. The number of hydrogen-bond acceptors (Lipinski definition) is 3. The van der Waals surface area contributed by atoms with Crippen molar-refractivity contribution in [3.8, 4) is 5.75 Å². The molecule has 0 amide bonds. The molecule has 1 aliphatic heterocycles. The predicted molar refractivity (Wildman–Crippen MR) is 96.0 cm³/mol. The van der Waals surface area contributed by atoms with Crippen LogP contribution in [0.25, 0.3) is 10.9 Å². The van der Waals surface area contributed by atoms with E-state index in [9.17, 15) is 9.90 Å². The predicted octanol–water partition coefficient (Wildman–Crippen LogP) is 3.06. The molecule has 3 aromatic rings. The lowest BCUT2D eigenvalue weighted by molar-refractivity contribution is -0.139. The fourth-order valence-corrected chi connectivity index (χ4v) is 3.44. The molecule has 0 bridgehead atoms. The normalized spacial score (nSPS) is 16.6. The summed E-state index contributed by atoms with van der Waals surface area (Å²) < 4.78 is 5.91. The molecule has 0 aliphatic carbocycles. The number of carboxylic acids is 1. The van der Waals surface area contributed by atoms with Gasteiger partial charge in [0.15, 0.2) is 0 Å². The molecule has 2 aromatic carbocycles. The monoisotopic (exact) mass is 336 g/mol. The maximum Gasteiger partial charge on any atom is 0.326 e. The number of nitrogens with one attached hydrogen (secondary N) is 2. The van der Waals surface area contributed by atoms with Crippen LogP contribution in [0.3, 0.4) is 0 Å². The van der Waals surface area contributed by atoms with Gasteiger partial charge in [-0.05, 0) is 35.7 Å². The van der Waals surface area contributed by atoms with Gasteiger partial charge in [0.05, 0.1) is 6.61 Å². The summed E-state index contributed by atoms with van der Waals surface area (Å²) >= 11 is 0. The van der Waals surface area contributed by atoms with E-state index in [0.717, 1.165) is 40.8 Å². The lowest BCUT2D eigenvalue weighted by Gasteiger charge is -2.20. The second-order valence-electron chi connectivity index (χ2n) is 6.28. The minimum absolute atomic E-state index is 0.613. The smallest absolute Gasteiger partial charge is 0.326 e. The molecule has 1 aliphatic rings. The number of aromatic amines is 1. The van der Waals surface area contributed by atoms with E-state index in [4.69, 9.17) is 4.74 Å². The van der Waals surface area contributed by atoms with E-state index in [1.54, 1.807) is 0 Å². The topological polar surface area (TPSA) is 74.4 Å². The van der Waals surface area contributed by atoms with Gasteiger partial charge in [0, 0.05) is 29.6 Å². The number of hydrogen-bond donors (Lipinski definition) is 3. The van der Waals surface area contributed by atoms with Gasteiger partial charge in [-0.15, -0.1) is 0 Å². The molecule has 25 heavy (non-hydrogen) atoms. The highest BCUT2D eigenvalue weighted by molar-refractivity contribution is 5.89. The van der Waals surface area contributed by atoms with Gasteiger partial charge in [-0.2, -0.15) is 0 Å². The Kier molecular flexibility index (Phi) is 4.15. The molecule has 0 spiro atoms. The Labute approximate surface area is 145 Å². The first-order valence-electron chi connectivity index (χ1n) is 8.50. The minimum atomic E-state index is -0.855.